The molecule has 3 rings (SSSR count). The van der Waals surface area contributed by atoms with Gasteiger partial charge < -0.3 is 10.2 Å². The van der Waals surface area contributed by atoms with Crippen LogP contribution < -0.4 is 5.32 Å². The maximum Gasteiger partial charge on any atom is 0.243 e. The van der Waals surface area contributed by atoms with Crippen molar-refractivity contribution in [1.82, 2.24) is 10.2 Å². The van der Waals surface area contributed by atoms with E-state index in [2.05, 4.69) is 5.32 Å². The Morgan fingerprint density at radius 3 is 2.29 bits per heavy atom. The summed E-state index contributed by atoms with van der Waals surface area (Å²) in [6.07, 6.45) is 0.591. The summed E-state index contributed by atoms with van der Waals surface area (Å²) in [5.41, 5.74) is 4.92. The van der Waals surface area contributed by atoms with E-state index < -0.39 is 6.04 Å². The zero-order valence-corrected chi connectivity index (χ0v) is 21.3. The molecule has 0 saturated carbocycles. The van der Waals surface area contributed by atoms with Gasteiger partial charge in [0, 0.05) is 29.6 Å². The molecule has 2 amide bonds. The second-order valence-electron chi connectivity index (χ2n) is 8.45. The summed E-state index contributed by atoms with van der Waals surface area (Å²) < 4.78 is 0. The Bertz CT molecular complexity index is 1150. The molecule has 0 aliphatic rings. The molecule has 3 aromatic carbocycles. The van der Waals surface area contributed by atoms with E-state index in [4.69, 9.17) is 23.2 Å². The lowest BCUT2D eigenvalue weighted by molar-refractivity contribution is -0.140. The van der Waals surface area contributed by atoms with Crippen LogP contribution in [0.4, 0.5) is 0 Å². The van der Waals surface area contributed by atoms with Gasteiger partial charge in [-0.25, -0.2) is 0 Å². The van der Waals surface area contributed by atoms with E-state index in [0.717, 1.165) is 22.3 Å². The fourth-order valence-electron chi connectivity index (χ4n) is 3.87. The van der Waals surface area contributed by atoms with Gasteiger partial charge in [-0.2, -0.15) is 0 Å². The van der Waals surface area contributed by atoms with Gasteiger partial charge in [-0.05, 0) is 60.7 Å². The zero-order valence-electron chi connectivity index (χ0n) is 19.8. The van der Waals surface area contributed by atoms with Crippen LogP contribution in [0.3, 0.4) is 0 Å². The summed E-state index contributed by atoms with van der Waals surface area (Å²) in [5.74, 6) is -0.327. The van der Waals surface area contributed by atoms with Crippen LogP contribution in [-0.2, 0) is 29.0 Å². The minimum Gasteiger partial charge on any atom is -0.355 e. The summed E-state index contributed by atoms with van der Waals surface area (Å²) in [6, 6.07) is 20.3. The fraction of sp³-hybridized carbons (Fsp3) is 0.286. The summed E-state index contributed by atoms with van der Waals surface area (Å²) in [7, 11) is 0. The molecule has 0 saturated heterocycles. The molecular weight excluding hydrogens is 467 g/mol. The predicted molar refractivity (Wildman–Crippen MR) is 139 cm³/mol. The van der Waals surface area contributed by atoms with Gasteiger partial charge in [0.05, 0.1) is 6.42 Å². The Morgan fingerprint density at radius 1 is 0.912 bits per heavy atom. The number of likely N-dealkylation sites (N-methyl/N-ethyl adjacent to an activating group) is 1. The van der Waals surface area contributed by atoms with E-state index in [9.17, 15) is 9.59 Å². The molecule has 0 aromatic heterocycles. The molecule has 3 aromatic rings. The Kier molecular flexibility index (Phi) is 9.14. The first-order valence-electron chi connectivity index (χ1n) is 11.4. The standard InChI is InChI=1S/C28H30Cl2N2O2/c1-4-31-28(34)26(15-21-8-6-5-7-9-21)32(18-23-12-13-24(29)17-25(23)30)27(33)16-22-11-10-19(2)20(3)14-22/h5-14,17,26H,4,15-16,18H2,1-3H3,(H,31,34)/t26-/m1/s1. The van der Waals surface area contributed by atoms with Crippen molar-refractivity contribution in [3.05, 3.63) is 105 Å². The normalized spacial score (nSPS) is 11.7. The molecule has 0 aliphatic carbocycles. The molecular formula is C28H30Cl2N2O2. The molecule has 1 N–H and O–H groups in total. The van der Waals surface area contributed by atoms with Gasteiger partial charge in [-0.15, -0.1) is 0 Å². The number of halogens is 2. The second-order valence-corrected chi connectivity index (χ2v) is 9.30. The summed E-state index contributed by atoms with van der Waals surface area (Å²) in [4.78, 5) is 28.6. The molecule has 0 bridgehead atoms. The molecule has 6 heteroatoms. The number of hydrogen-bond acceptors (Lipinski definition) is 2. The monoisotopic (exact) mass is 496 g/mol. The lowest BCUT2D eigenvalue weighted by Crippen LogP contribution is -2.51. The lowest BCUT2D eigenvalue weighted by atomic mass is 10.00. The van der Waals surface area contributed by atoms with Gasteiger partial charge in [0.2, 0.25) is 11.8 Å². The van der Waals surface area contributed by atoms with Gasteiger partial charge in [0.15, 0.2) is 0 Å². The van der Waals surface area contributed by atoms with Crippen molar-refractivity contribution >= 4 is 35.0 Å². The average Bonchev–Trinajstić information content (AvgIpc) is 2.80. The smallest absolute Gasteiger partial charge is 0.243 e. The Balaban J connectivity index is 1.99. The maximum absolute atomic E-state index is 13.7. The molecule has 0 heterocycles. The minimum atomic E-state index is -0.687. The fourth-order valence-corrected chi connectivity index (χ4v) is 4.34. The van der Waals surface area contributed by atoms with E-state index >= 15 is 0 Å². The first-order valence-corrected chi connectivity index (χ1v) is 12.1. The van der Waals surface area contributed by atoms with Crippen molar-refractivity contribution < 1.29 is 9.59 Å². The van der Waals surface area contributed by atoms with Gasteiger partial charge in [0.25, 0.3) is 0 Å². The van der Waals surface area contributed by atoms with Crippen LogP contribution in [-0.4, -0.2) is 29.3 Å². The van der Waals surface area contributed by atoms with Gasteiger partial charge in [-0.1, -0.05) is 77.8 Å². The number of amides is 2. The van der Waals surface area contributed by atoms with Crippen LogP contribution in [0.2, 0.25) is 10.0 Å². The van der Waals surface area contributed by atoms with Crippen LogP contribution in [0.5, 0.6) is 0 Å². The molecule has 0 aliphatic heterocycles. The molecule has 0 fully saturated rings. The lowest BCUT2D eigenvalue weighted by Gasteiger charge is -2.32. The molecule has 0 unspecified atom stereocenters. The Labute approximate surface area is 211 Å². The molecule has 0 radical (unpaired) electrons. The first kappa shape index (κ1) is 25.8. The molecule has 1 atom stereocenters. The van der Waals surface area contributed by atoms with Gasteiger partial charge in [0.1, 0.15) is 6.04 Å². The topological polar surface area (TPSA) is 49.4 Å². The maximum atomic E-state index is 13.7. The Hall–Kier alpha value is -2.82. The van der Waals surface area contributed by atoms with E-state index in [1.807, 2.05) is 69.3 Å². The second kappa shape index (κ2) is 12.0. The molecule has 0 spiro atoms. The van der Waals surface area contributed by atoms with E-state index in [1.165, 1.54) is 5.56 Å². The van der Waals surface area contributed by atoms with Crippen molar-refractivity contribution in [2.75, 3.05) is 6.54 Å². The van der Waals surface area contributed by atoms with Crippen LogP contribution >= 0.6 is 23.2 Å². The number of benzene rings is 3. The van der Waals surface area contributed by atoms with Gasteiger partial charge in [-0.3, -0.25) is 9.59 Å². The van der Waals surface area contributed by atoms with Gasteiger partial charge >= 0.3 is 0 Å². The molecule has 178 valence electrons. The van der Waals surface area contributed by atoms with E-state index in [-0.39, 0.29) is 24.8 Å². The van der Waals surface area contributed by atoms with Crippen molar-refractivity contribution in [3.63, 3.8) is 0 Å². The third-order valence-corrected chi connectivity index (χ3v) is 6.49. The molecule has 34 heavy (non-hydrogen) atoms. The highest BCUT2D eigenvalue weighted by Gasteiger charge is 2.30. The predicted octanol–water partition coefficient (Wildman–Crippen LogP) is 5.93. The SMILES string of the molecule is CCNC(=O)[C@@H](Cc1ccccc1)N(Cc1ccc(Cl)cc1Cl)C(=O)Cc1ccc(C)c(C)c1. The van der Waals surface area contributed by atoms with Crippen molar-refractivity contribution in [3.8, 4) is 0 Å². The number of hydrogen-bond donors (Lipinski definition) is 1. The number of aryl methyl sites for hydroxylation is 2. The molecule has 4 nitrogen and oxygen atoms in total. The van der Waals surface area contributed by atoms with Crippen LogP contribution in [0, 0.1) is 13.8 Å². The minimum absolute atomic E-state index is 0.138. The van der Waals surface area contributed by atoms with E-state index in [1.54, 1.807) is 23.1 Å². The number of rotatable bonds is 9. The number of carbonyl (C=O) groups excluding carboxylic acids is 2. The van der Waals surface area contributed by atoms with E-state index in [0.29, 0.717) is 23.0 Å². The van der Waals surface area contributed by atoms with Crippen LogP contribution in [0.15, 0.2) is 66.7 Å². The van der Waals surface area contributed by atoms with Crippen molar-refractivity contribution in [1.29, 1.82) is 0 Å². The third kappa shape index (κ3) is 6.85. The highest BCUT2D eigenvalue weighted by atomic mass is 35.5. The first-order chi connectivity index (χ1) is 16.3. The van der Waals surface area contributed by atoms with Crippen molar-refractivity contribution in [2.45, 2.75) is 46.2 Å². The summed E-state index contributed by atoms with van der Waals surface area (Å²) in [6.45, 7) is 6.62. The van der Waals surface area contributed by atoms with Crippen LogP contribution in [0.1, 0.15) is 34.7 Å². The summed E-state index contributed by atoms with van der Waals surface area (Å²) in [5, 5.41) is 3.89. The highest BCUT2D eigenvalue weighted by Crippen LogP contribution is 2.25. The third-order valence-electron chi connectivity index (χ3n) is 5.90. The number of nitrogens with one attached hydrogen (secondary N) is 1. The van der Waals surface area contributed by atoms with Crippen molar-refractivity contribution in [2.24, 2.45) is 0 Å². The summed E-state index contributed by atoms with van der Waals surface area (Å²) >= 11 is 12.5. The largest absolute Gasteiger partial charge is 0.355 e. The number of nitrogens with zero attached hydrogens (tertiary/aromatic N) is 1. The highest BCUT2D eigenvalue weighted by molar-refractivity contribution is 6.35. The number of carbonyl (C=O) groups is 2. The average molecular weight is 497 g/mol. The zero-order chi connectivity index (χ0) is 24.7. The quantitative estimate of drug-likeness (QED) is 0.399. The van der Waals surface area contributed by atoms with Crippen LogP contribution in [0.25, 0.3) is 0 Å². The Morgan fingerprint density at radius 2 is 1.65 bits per heavy atom.